The normalized spacial score (nSPS) is 12.7. The molecule has 0 fully saturated rings. The summed E-state index contributed by atoms with van der Waals surface area (Å²) in [5, 5.41) is 0. The molecule has 0 aliphatic heterocycles. The number of hydrogen-bond acceptors (Lipinski definition) is 1. The molecule has 1 nitrogen and oxygen atoms in total. The van der Waals surface area contributed by atoms with E-state index in [9.17, 15) is 0 Å². The second-order valence-corrected chi connectivity index (χ2v) is 6.88. The fraction of sp³-hybridized carbons (Fsp3) is 0.647. The zero-order chi connectivity index (χ0) is 14.1. The van der Waals surface area contributed by atoms with Crippen molar-refractivity contribution in [2.75, 3.05) is 0 Å². The summed E-state index contributed by atoms with van der Waals surface area (Å²) in [4.78, 5) is 0. The summed E-state index contributed by atoms with van der Waals surface area (Å²) < 4.78 is 6.01. The van der Waals surface area contributed by atoms with Gasteiger partial charge in [-0.2, -0.15) is 0 Å². The van der Waals surface area contributed by atoms with Crippen LogP contribution in [0, 0.1) is 13.8 Å². The minimum Gasteiger partial charge on any atom is -0.488 e. The lowest BCUT2D eigenvalue weighted by atomic mass is 9.79. The number of ether oxygens (including phenoxy) is 1. The molecule has 1 aromatic carbocycles. The van der Waals surface area contributed by atoms with Gasteiger partial charge >= 0.3 is 0 Å². The Morgan fingerprint density at radius 2 is 1.50 bits per heavy atom. The minimum absolute atomic E-state index is 0.140. The third-order valence-corrected chi connectivity index (χ3v) is 3.55. The van der Waals surface area contributed by atoms with Crippen LogP contribution < -0.4 is 4.74 Å². The monoisotopic (exact) mass is 248 g/mol. The van der Waals surface area contributed by atoms with Gasteiger partial charge in [-0.05, 0) is 69.2 Å². The van der Waals surface area contributed by atoms with Crippen molar-refractivity contribution in [2.24, 2.45) is 0 Å². The van der Waals surface area contributed by atoms with Crippen molar-refractivity contribution >= 4 is 0 Å². The molecule has 0 aliphatic rings. The van der Waals surface area contributed by atoms with Crippen molar-refractivity contribution in [1.29, 1.82) is 0 Å². The summed E-state index contributed by atoms with van der Waals surface area (Å²) in [6, 6.07) is 4.48. The van der Waals surface area contributed by atoms with Crippen molar-refractivity contribution in [3.8, 4) is 5.75 Å². The maximum atomic E-state index is 6.01. The highest BCUT2D eigenvalue weighted by atomic mass is 16.5. The van der Waals surface area contributed by atoms with Crippen molar-refractivity contribution in [2.45, 2.75) is 72.8 Å². The fourth-order valence-electron chi connectivity index (χ4n) is 2.15. The Labute approximate surface area is 113 Å². The largest absolute Gasteiger partial charge is 0.488 e. The molecule has 0 heterocycles. The molecule has 0 unspecified atom stereocenters. The number of aryl methyl sites for hydroxylation is 2. The van der Waals surface area contributed by atoms with Crippen molar-refractivity contribution < 1.29 is 4.74 Å². The fourth-order valence-corrected chi connectivity index (χ4v) is 2.15. The molecule has 0 aliphatic carbocycles. The molecular formula is C17H28O. The van der Waals surface area contributed by atoms with E-state index in [1.165, 1.54) is 16.7 Å². The third-order valence-electron chi connectivity index (χ3n) is 3.55. The Kier molecular flexibility index (Phi) is 4.15. The maximum absolute atomic E-state index is 6.01. The molecule has 18 heavy (non-hydrogen) atoms. The molecule has 0 radical (unpaired) electrons. The third kappa shape index (κ3) is 3.51. The van der Waals surface area contributed by atoms with Crippen LogP contribution in [-0.2, 0) is 5.41 Å². The lowest BCUT2D eigenvalue weighted by Gasteiger charge is -2.28. The molecule has 1 heteroatoms. The van der Waals surface area contributed by atoms with Crippen LogP contribution in [0.4, 0.5) is 0 Å². The first-order valence-electron chi connectivity index (χ1n) is 6.87. The van der Waals surface area contributed by atoms with Crippen LogP contribution >= 0.6 is 0 Å². The molecule has 102 valence electrons. The van der Waals surface area contributed by atoms with Gasteiger partial charge in [0.2, 0.25) is 0 Å². The summed E-state index contributed by atoms with van der Waals surface area (Å²) in [6.45, 7) is 17.4. The van der Waals surface area contributed by atoms with Gasteiger partial charge in [0.15, 0.2) is 0 Å². The minimum atomic E-state index is -0.140. The molecule has 0 saturated carbocycles. The van der Waals surface area contributed by atoms with Gasteiger partial charge in [-0.15, -0.1) is 0 Å². The van der Waals surface area contributed by atoms with E-state index >= 15 is 0 Å². The van der Waals surface area contributed by atoms with E-state index in [-0.39, 0.29) is 11.0 Å². The highest BCUT2D eigenvalue weighted by molar-refractivity contribution is 5.44. The van der Waals surface area contributed by atoms with Crippen molar-refractivity contribution in [3.63, 3.8) is 0 Å². The average Bonchev–Trinajstić information content (AvgIpc) is 2.20. The van der Waals surface area contributed by atoms with Gasteiger partial charge in [0.25, 0.3) is 0 Å². The van der Waals surface area contributed by atoms with E-state index < -0.39 is 0 Å². The zero-order valence-electron chi connectivity index (χ0n) is 13.3. The predicted octanol–water partition coefficient (Wildman–Crippen LogP) is 5.17. The van der Waals surface area contributed by atoms with Crippen LogP contribution in [0.1, 0.15) is 64.7 Å². The Balaban J connectivity index is 3.21. The number of benzene rings is 1. The summed E-state index contributed by atoms with van der Waals surface area (Å²) in [6.07, 6.45) is 1.15. The second-order valence-electron chi connectivity index (χ2n) is 6.88. The van der Waals surface area contributed by atoms with Gasteiger partial charge in [0.1, 0.15) is 11.4 Å². The SMILES string of the molecule is CCC(C)(C)c1cc(C)c(OC(C)(C)C)cc1C. The van der Waals surface area contributed by atoms with Crippen molar-refractivity contribution in [3.05, 3.63) is 28.8 Å². The van der Waals surface area contributed by atoms with Gasteiger partial charge in [0.05, 0.1) is 0 Å². The van der Waals surface area contributed by atoms with Gasteiger partial charge in [-0.1, -0.05) is 26.8 Å². The molecule has 0 bridgehead atoms. The average molecular weight is 248 g/mol. The van der Waals surface area contributed by atoms with E-state index in [1.807, 2.05) is 0 Å². The summed E-state index contributed by atoms with van der Waals surface area (Å²) in [5.74, 6) is 1.01. The lowest BCUT2D eigenvalue weighted by molar-refractivity contribution is 0.129. The van der Waals surface area contributed by atoms with Crippen LogP contribution in [0.3, 0.4) is 0 Å². The molecular weight excluding hydrogens is 220 g/mol. The van der Waals surface area contributed by atoms with Crippen molar-refractivity contribution in [1.82, 2.24) is 0 Å². The highest BCUT2D eigenvalue weighted by Gasteiger charge is 2.22. The maximum Gasteiger partial charge on any atom is 0.123 e. The molecule has 0 saturated heterocycles. The van der Waals surface area contributed by atoms with Crippen LogP contribution in [0.25, 0.3) is 0 Å². The summed E-state index contributed by atoms with van der Waals surface area (Å²) in [7, 11) is 0. The van der Waals surface area contributed by atoms with E-state index in [0.29, 0.717) is 0 Å². The van der Waals surface area contributed by atoms with Crippen LogP contribution in [-0.4, -0.2) is 5.60 Å². The van der Waals surface area contributed by atoms with Gasteiger partial charge in [-0.3, -0.25) is 0 Å². The summed E-state index contributed by atoms with van der Waals surface area (Å²) in [5.41, 5.74) is 4.08. The first-order valence-corrected chi connectivity index (χ1v) is 6.87. The molecule has 0 N–H and O–H groups in total. The van der Waals surface area contributed by atoms with Gasteiger partial charge in [0, 0.05) is 0 Å². The quantitative estimate of drug-likeness (QED) is 0.717. The smallest absolute Gasteiger partial charge is 0.123 e. The predicted molar refractivity (Wildman–Crippen MR) is 79.6 cm³/mol. The molecule has 1 rings (SSSR count). The lowest BCUT2D eigenvalue weighted by Crippen LogP contribution is -2.24. The van der Waals surface area contributed by atoms with E-state index in [2.05, 4.69) is 67.5 Å². The Morgan fingerprint density at radius 3 is 1.94 bits per heavy atom. The molecule has 0 spiro atoms. The van der Waals surface area contributed by atoms with Gasteiger partial charge < -0.3 is 4.74 Å². The number of hydrogen-bond donors (Lipinski definition) is 0. The topological polar surface area (TPSA) is 9.23 Å². The first-order chi connectivity index (χ1) is 8.07. The second kappa shape index (κ2) is 4.95. The highest BCUT2D eigenvalue weighted by Crippen LogP contribution is 2.34. The van der Waals surface area contributed by atoms with Crippen LogP contribution in [0.5, 0.6) is 5.75 Å². The Bertz CT molecular complexity index is 422. The molecule has 0 aromatic heterocycles. The standard InChI is InChI=1S/C17H28O/c1-9-17(7,8)14-10-13(3)15(11-12(14)2)18-16(4,5)6/h10-11H,9H2,1-8H3. The Hall–Kier alpha value is -0.980. The first kappa shape index (κ1) is 15.1. The van der Waals surface area contributed by atoms with E-state index in [4.69, 9.17) is 4.74 Å². The van der Waals surface area contributed by atoms with Crippen LogP contribution in [0.15, 0.2) is 12.1 Å². The molecule has 0 atom stereocenters. The van der Waals surface area contributed by atoms with Crippen LogP contribution in [0.2, 0.25) is 0 Å². The zero-order valence-corrected chi connectivity index (χ0v) is 13.3. The summed E-state index contributed by atoms with van der Waals surface area (Å²) >= 11 is 0. The molecule has 0 amide bonds. The van der Waals surface area contributed by atoms with E-state index in [0.717, 1.165) is 12.2 Å². The Morgan fingerprint density at radius 1 is 0.944 bits per heavy atom. The molecule has 1 aromatic rings. The van der Waals surface area contributed by atoms with E-state index in [1.54, 1.807) is 0 Å². The van der Waals surface area contributed by atoms with Gasteiger partial charge in [-0.25, -0.2) is 0 Å². The number of rotatable bonds is 3.